The Kier molecular flexibility index (Phi) is 6.80. The summed E-state index contributed by atoms with van der Waals surface area (Å²) in [5.41, 5.74) is 7.41. The van der Waals surface area contributed by atoms with Gasteiger partial charge in [0.2, 0.25) is 5.91 Å². The second-order valence-electron chi connectivity index (χ2n) is 7.75. The predicted octanol–water partition coefficient (Wildman–Crippen LogP) is 1.54. The lowest BCUT2D eigenvalue weighted by molar-refractivity contribution is -0.117. The molecule has 0 fully saturated rings. The second-order valence-corrected chi connectivity index (χ2v) is 8.16. The Labute approximate surface area is 200 Å². The second kappa shape index (κ2) is 9.94. The molecule has 2 aromatic carbocycles. The van der Waals surface area contributed by atoms with Crippen molar-refractivity contribution in [3.63, 3.8) is 0 Å². The van der Waals surface area contributed by atoms with Crippen LogP contribution in [0, 0.1) is 0 Å². The predicted molar refractivity (Wildman–Crippen MR) is 126 cm³/mol. The van der Waals surface area contributed by atoms with E-state index in [1.165, 1.54) is 9.80 Å². The standard InChI is InChI=1S/C23H23ClN6O4/c24-19-10-16(30-9-3-8-27-30)6-7-18(19)22(33)29-13-17(14-31)28(23(34)26-11-21(25)32)12-15-4-1-2-5-20(15)29/h1-10,17,31H,11-14H2,(H2,25,32)(H,26,34)/t17-/m0/s1. The topological polar surface area (TPSA) is 134 Å². The Hall–Kier alpha value is -3.89. The number of rotatable bonds is 5. The Morgan fingerprint density at radius 3 is 2.65 bits per heavy atom. The van der Waals surface area contributed by atoms with Gasteiger partial charge in [-0.15, -0.1) is 0 Å². The first-order valence-corrected chi connectivity index (χ1v) is 10.9. The smallest absolute Gasteiger partial charge is 0.318 e. The van der Waals surface area contributed by atoms with Gasteiger partial charge in [0.25, 0.3) is 5.91 Å². The van der Waals surface area contributed by atoms with Crippen molar-refractivity contribution >= 4 is 35.1 Å². The monoisotopic (exact) mass is 482 g/mol. The fraction of sp³-hybridized carbons (Fsp3) is 0.217. The number of aliphatic hydroxyl groups excluding tert-OH is 1. The number of aromatic nitrogens is 2. The Morgan fingerprint density at radius 2 is 1.97 bits per heavy atom. The summed E-state index contributed by atoms with van der Waals surface area (Å²) in [6.07, 6.45) is 3.41. The summed E-state index contributed by atoms with van der Waals surface area (Å²) in [5, 5.41) is 16.9. The highest BCUT2D eigenvalue weighted by molar-refractivity contribution is 6.34. The maximum absolute atomic E-state index is 13.6. The summed E-state index contributed by atoms with van der Waals surface area (Å²) in [6.45, 7) is -0.584. The van der Waals surface area contributed by atoms with E-state index in [0.717, 1.165) is 0 Å². The lowest BCUT2D eigenvalue weighted by Crippen LogP contribution is -2.52. The summed E-state index contributed by atoms with van der Waals surface area (Å²) >= 11 is 6.49. The summed E-state index contributed by atoms with van der Waals surface area (Å²) < 4.78 is 1.63. The molecular formula is C23H23ClN6O4. The van der Waals surface area contributed by atoms with Gasteiger partial charge in [-0.3, -0.25) is 9.59 Å². The number of benzene rings is 2. The van der Waals surface area contributed by atoms with Crippen LogP contribution in [0.15, 0.2) is 60.9 Å². The lowest BCUT2D eigenvalue weighted by Gasteiger charge is -2.30. The van der Waals surface area contributed by atoms with E-state index < -0.39 is 24.6 Å². The highest BCUT2D eigenvalue weighted by Crippen LogP contribution is 2.30. The van der Waals surface area contributed by atoms with Gasteiger partial charge in [0.15, 0.2) is 0 Å². The molecule has 0 aliphatic carbocycles. The van der Waals surface area contributed by atoms with Crippen LogP contribution < -0.4 is 16.0 Å². The summed E-state index contributed by atoms with van der Waals surface area (Å²) in [4.78, 5) is 40.4. The Morgan fingerprint density at radius 1 is 1.18 bits per heavy atom. The maximum atomic E-state index is 13.6. The number of anilines is 1. The Bertz CT molecular complexity index is 1220. The van der Waals surface area contributed by atoms with Crippen LogP contribution in [0.4, 0.5) is 10.5 Å². The maximum Gasteiger partial charge on any atom is 0.318 e. The van der Waals surface area contributed by atoms with Crippen molar-refractivity contribution in [1.29, 1.82) is 0 Å². The molecule has 0 saturated carbocycles. The average molecular weight is 483 g/mol. The zero-order valence-corrected chi connectivity index (χ0v) is 18.9. The number of hydrogen-bond donors (Lipinski definition) is 3. The number of amides is 4. The first-order chi connectivity index (χ1) is 16.4. The number of carbonyl (C=O) groups excluding carboxylic acids is 3. The van der Waals surface area contributed by atoms with Gasteiger partial charge in [-0.1, -0.05) is 29.8 Å². The van der Waals surface area contributed by atoms with Crippen LogP contribution in [0.1, 0.15) is 15.9 Å². The van der Waals surface area contributed by atoms with E-state index in [-0.39, 0.29) is 36.1 Å². The molecule has 34 heavy (non-hydrogen) atoms. The van der Waals surface area contributed by atoms with Crippen molar-refractivity contribution in [2.45, 2.75) is 12.6 Å². The third kappa shape index (κ3) is 4.73. The number of carbonyl (C=O) groups is 3. The highest BCUT2D eigenvalue weighted by atomic mass is 35.5. The molecule has 0 bridgehead atoms. The van der Waals surface area contributed by atoms with E-state index >= 15 is 0 Å². The SMILES string of the molecule is NC(=O)CNC(=O)N1Cc2ccccc2N(C(=O)c2ccc(-n3cccn3)cc2Cl)C[C@H]1CO. The molecule has 0 radical (unpaired) electrons. The molecule has 4 rings (SSSR count). The molecule has 0 saturated heterocycles. The van der Waals surface area contributed by atoms with Crippen LogP contribution in [0.2, 0.25) is 5.02 Å². The third-order valence-electron chi connectivity index (χ3n) is 5.54. The van der Waals surface area contributed by atoms with E-state index in [4.69, 9.17) is 17.3 Å². The fourth-order valence-electron chi connectivity index (χ4n) is 3.87. The number of fused-ring (bicyclic) bond motifs is 1. The first kappa shape index (κ1) is 23.3. The molecule has 10 nitrogen and oxygen atoms in total. The molecule has 0 spiro atoms. The fourth-order valence-corrected chi connectivity index (χ4v) is 4.12. The number of nitrogens with two attached hydrogens (primary N) is 1. The molecule has 3 aromatic rings. The van der Waals surface area contributed by atoms with Crippen LogP contribution in [0.5, 0.6) is 0 Å². The minimum Gasteiger partial charge on any atom is -0.394 e. The molecule has 0 unspecified atom stereocenters. The van der Waals surface area contributed by atoms with Crippen molar-refractivity contribution in [2.75, 3.05) is 24.6 Å². The number of nitrogens with zero attached hydrogens (tertiary/aromatic N) is 4. The van der Waals surface area contributed by atoms with E-state index in [9.17, 15) is 19.5 Å². The molecule has 1 atom stereocenters. The van der Waals surface area contributed by atoms with Gasteiger partial charge < -0.3 is 26.0 Å². The number of aliphatic hydroxyl groups is 1. The van der Waals surface area contributed by atoms with E-state index in [1.807, 2.05) is 0 Å². The molecule has 11 heteroatoms. The summed E-state index contributed by atoms with van der Waals surface area (Å²) in [7, 11) is 0. The summed E-state index contributed by atoms with van der Waals surface area (Å²) in [6, 6.07) is 12.7. The van der Waals surface area contributed by atoms with Crippen molar-refractivity contribution in [2.24, 2.45) is 5.73 Å². The Balaban J connectivity index is 1.67. The van der Waals surface area contributed by atoms with Gasteiger partial charge in [0.1, 0.15) is 0 Å². The molecule has 4 N–H and O–H groups in total. The zero-order chi connectivity index (χ0) is 24.2. The molecule has 1 aromatic heterocycles. The number of halogens is 1. The number of hydrogen-bond acceptors (Lipinski definition) is 5. The quantitative estimate of drug-likeness (QED) is 0.507. The molecule has 1 aliphatic rings. The largest absolute Gasteiger partial charge is 0.394 e. The van der Waals surface area contributed by atoms with Gasteiger partial charge in [-0.05, 0) is 35.9 Å². The molecule has 2 heterocycles. The summed E-state index contributed by atoms with van der Waals surface area (Å²) in [5.74, 6) is -1.06. The van der Waals surface area contributed by atoms with E-state index in [1.54, 1.807) is 65.6 Å². The third-order valence-corrected chi connectivity index (χ3v) is 5.85. The van der Waals surface area contributed by atoms with Gasteiger partial charge in [-0.25, -0.2) is 9.48 Å². The van der Waals surface area contributed by atoms with Crippen molar-refractivity contribution in [3.05, 3.63) is 77.1 Å². The van der Waals surface area contributed by atoms with E-state index in [2.05, 4.69) is 10.4 Å². The van der Waals surface area contributed by atoms with Gasteiger partial charge in [0, 0.05) is 31.2 Å². The molecule has 176 valence electrons. The van der Waals surface area contributed by atoms with Crippen LogP contribution in [-0.2, 0) is 11.3 Å². The minimum absolute atomic E-state index is 0.0214. The minimum atomic E-state index is -0.730. The number of primary amides is 1. The number of para-hydroxylation sites is 1. The van der Waals surface area contributed by atoms with Gasteiger partial charge >= 0.3 is 6.03 Å². The lowest BCUT2D eigenvalue weighted by atomic mass is 10.1. The van der Waals surface area contributed by atoms with Gasteiger partial charge in [0.05, 0.1) is 35.5 Å². The van der Waals surface area contributed by atoms with Crippen LogP contribution in [-0.4, -0.2) is 63.4 Å². The molecule has 4 amide bonds. The van der Waals surface area contributed by atoms with E-state index in [0.29, 0.717) is 16.9 Å². The molecule has 1 aliphatic heterocycles. The zero-order valence-electron chi connectivity index (χ0n) is 18.1. The van der Waals surface area contributed by atoms with Crippen molar-refractivity contribution in [1.82, 2.24) is 20.0 Å². The number of nitrogens with one attached hydrogen (secondary N) is 1. The van der Waals surface area contributed by atoms with Crippen LogP contribution in [0.25, 0.3) is 5.69 Å². The van der Waals surface area contributed by atoms with Crippen molar-refractivity contribution in [3.8, 4) is 5.69 Å². The number of urea groups is 1. The van der Waals surface area contributed by atoms with Gasteiger partial charge in [-0.2, -0.15) is 5.10 Å². The van der Waals surface area contributed by atoms with Crippen LogP contribution >= 0.6 is 11.6 Å². The average Bonchev–Trinajstić information content (AvgIpc) is 3.31. The van der Waals surface area contributed by atoms with Crippen molar-refractivity contribution < 1.29 is 19.5 Å². The first-order valence-electron chi connectivity index (χ1n) is 10.5. The highest BCUT2D eigenvalue weighted by Gasteiger charge is 2.34. The van der Waals surface area contributed by atoms with Crippen LogP contribution in [0.3, 0.4) is 0 Å². The normalized spacial score (nSPS) is 15.4. The molecular weight excluding hydrogens is 460 g/mol.